The van der Waals surface area contributed by atoms with Crippen molar-refractivity contribution in [1.29, 1.82) is 0 Å². The first kappa shape index (κ1) is 19.8. The number of carbonyl (C=O) groups is 1. The summed E-state index contributed by atoms with van der Waals surface area (Å²) in [7, 11) is 0. The zero-order chi connectivity index (χ0) is 18.8. The van der Waals surface area contributed by atoms with Crippen molar-refractivity contribution in [2.75, 3.05) is 19.8 Å². The van der Waals surface area contributed by atoms with Crippen molar-refractivity contribution in [3.05, 3.63) is 29.8 Å². The SMILES string of the molecule is CCOc1cc(C(=O)NN=C[C@H]2CC=CCC2)cc(OCC)c1OCC. The highest BCUT2D eigenvalue weighted by Crippen LogP contribution is 2.39. The number of nitrogens with one attached hydrogen (secondary N) is 1. The Kier molecular flexibility index (Phi) is 7.99. The fourth-order valence-electron chi connectivity index (χ4n) is 2.74. The van der Waals surface area contributed by atoms with E-state index in [-0.39, 0.29) is 5.91 Å². The molecule has 26 heavy (non-hydrogen) atoms. The summed E-state index contributed by atoms with van der Waals surface area (Å²) in [4.78, 5) is 12.5. The van der Waals surface area contributed by atoms with Crippen LogP contribution in [0.1, 0.15) is 50.4 Å². The fourth-order valence-corrected chi connectivity index (χ4v) is 2.74. The molecule has 0 saturated heterocycles. The number of allylic oxidation sites excluding steroid dienone is 2. The number of carbonyl (C=O) groups excluding carboxylic acids is 1. The standard InChI is InChI=1S/C20H28N2O4/c1-4-24-17-12-16(13-18(25-5-2)19(17)26-6-3)20(23)22-21-14-15-10-8-7-9-11-15/h7-8,12-15H,4-6,9-11H2,1-3H3,(H,22,23)/t15-/m0/s1. The summed E-state index contributed by atoms with van der Waals surface area (Å²) in [5, 5.41) is 4.11. The van der Waals surface area contributed by atoms with Crippen LogP contribution in [-0.4, -0.2) is 31.9 Å². The van der Waals surface area contributed by atoms with Gasteiger partial charge in [-0.25, -0.2) is 5.43 Å². The molecule has 0 unspecified atom stereocenters. The number of ether oxygens (including phenoxy) is 3. The van der Waals surface area contributed by atoms with Crippen LogP contribution < -0.4 is 19.6 Å². The molecule has 1 aromatic carbocycles. The Morgan fingerprint density at radius 3 is 2.31 bits per heavy atom. The molecular weight excluding hydrogens is 332 g/mol. The van der Waals surface area contributed by atoms with Gasteiger partial charge in [0.25, 0.3) is 5.91 Å². The number of amides is 1. The van der Waals surface area contributed by atoms with Crippen molar-refractivity contribution >= 4 is 12.1 Å². The van der Waals surface area contributed by atoms with E-state index in [0.29, 0.717) is 48.6 Å². The molecule has 0 radical (unpaired) electrons. The quantitative estimate of drug-likeness (QED) is 0.411. The predicted molar refractivity (Wildman–Crippen MR) is 102 cm³/mol. The van der Waals surface area contributed by atoms with Crippen LogP contribution in [0.15, 0.2) is 29.4 Å². The molecule has 0 aliphatic heterocycles. The number of benzene rings is 1. The summed E-state index contributed by atoms with van der Waals surface area (Å²) in [5.41, 5.74) is 3.01. The van der Waals surface area contributed by atoms with E-state index in [0.717, 1.165) is 19.3 Å². The topological polar surface area (TPSA) is 69.2 Å². The fraction of sp³-hybridized carbons (Fsp3) is 0.500. The first-order valence-electron chi connectivity index (χ1n) is 9.24. The third-order valence-electron chi connectivity index (χ3n) is 3.93. The first-order valence-corrected chi connectivity index (χ1v) is 9.24. The van der Waals surface area contributed by atoms with Gasteiger partial charge in [-0.05, 0) is 58.1 Å². The molecule has 1 amide bonds. The smallest absolute Gasteiger partial charge is 0.271 e. The van der Waals surface area contributed by atoms with Gasteiger partial charge in [-0.3, -0.25) is 4.79 Å². The average molecular weight is 360 g/mol. The highest BCUT2D eigenvalue weighted by molar-refractivity contribution is 5.95. The van der Waals surface area contributed by atoms with E-state index in [1.165, 1.54) is 0 Å². The highest BCUT2D eigenvalue weighted by Gasteiger charge is 2.18. The molecule has 1 atom stereocenters. The Morgan fingerprint density at radius 1 is 1.12 bits per heavy atom. The lowest BCUT2D eigenvalue weighted by Gasteiger charge is -2.16. The summed E-state index contributed by atoms with van der Waals surface area (Å²) in [5.74, 6) is 1.57. The summed E-state index contributed by atoms with van der Waals surface area (Å²) < 4.78 is 16.9. The molecule has 0 bridgehead atoms. The van der Waals surface area contributed by atoms with Gasteiger partial charge >= 0.3 is 0 Å². The van der Waals surface area contributed by atoms with Crippen LogP contribution in [0.2, 0.25) is 0 Å². The molecule has 2 rings (SSSR count). The number of nitrogens with zero attached hydrogens (tertiary/aromatic N) is 1. The second kappa shape index (κ2) is 10.5. The van der Waals surface area contributed by atoms with Crippen molar-refractivity contribution in [3.8, 4) is 17.2 Å². The van der Waals surface area contributed by atoms with E-state index in [9.17, 15) is 4.79 Å². The van der Waals surface area contributed by atoms with E-state index in [2.05, 4.69) is 22.7 Å². The second-order valence-electron chi connectivity index (χ2n) is 5.86. The van der Waals surface area contributed by atoms with Gasteiger partial charge < -0.3 is 14.2 Å². The van der Waals surface area contributed by atoms with E-state index in [4.69, 9.17) is 14.2 Å². The number of hydrogen-bond acceptors (Lipinski definition) is 5. The number of rotatable bonds is 9. The predicted octanol–water partition coefficient (Wildman–Crippen LogP) is 3.95. The van der Waals surface area contributed by atoms with Gasteiger partial charge in [-0.15, -0.1) is 0 Å². The van der Waals surface area contributed by atoms with Gasteiger partial charge in [0.05, 0.1) is 19.8 Å². The Hall–Kier alpha value is -2.50. The summed E-state index contributed by atoms with van der Waals surface area (Å²) >= 11 is 0. The summed E-state index contributed by atoms with van der Waals surface area (Å²) in [6, 6.07) is 3.32. The van der Waals surface area contributed by atoms with E-state index >= 15 is 0 Å². The highest BCUT2D eigenvalue weighted by atomic mass is 16.5. The van der Waals surface area contributed by atoms with Gasteiger partial charge in [0, 0.05) is 11.8 Å². The number of hydrazone groups is 1. The molecule has 0 saturated carbocycles. The lowest BCUT2D eigenvalue weighted by atomic mass is 9.96. The molecule has 6 heteroatoms. The van der Waals surface area contributed by atoms with E-state index in [1.54, 1.807) is 12.1 Å². The van der Waals surface area contributed by atoms with Crippen molar-refractivity contribution < 1.29 is 19.0 Å². The Labute approximate surface area is 155 Å². The molecule has 0 spiro atoms. The van der Waals surface area contributed by atoms with Crippen molar-refractivity contribution in [2.45, 2.75) is 40.0 Å². The minimum Gasteiger partial charge on any atom is -0.490 e. The largest absolute Gasteiger partial charge is 0.490 e. The molecule has 142 valence electrons. The zero-order valence-electron chi connectivity index (χ0n) is 15.8. The monoisotopic (exact) mass is 360 g/mol. The van der Waals surface area contributed by atoms with Crippen LogP contribution in [0.4, 0.5) is 0 Å². The molecule has 1 aliphatic carbocycles. The van der Waals surface area contributed by atoms with Crippen molar-refractivity contribution in [3.63, 3.8) is 0 Å². The minimum atomic E-state index is -0.308. The molecule has 1 N–H and O–H groups in total. The molecular formula is C20H28N2O4. The second-order valence-corrected chi connectivity index (χ2v) is 5.86. The molecule has 6 nitrogen and oxygen atoms in total. The van der Waals surface area contributed by atoms with Crippen LogP contribution in [0.25, 0.3) is 0 Å². The average Bonchev–Trinajstić information content (AvgIpc) is 2.65. The third-order valence-corrected chi connectivity index (χ3v) is 3.93. The van der Waals surface area contributed by atoms with Gasteiger partial charge in [-0.1, -0.05) is 12.2 Å². The molecule has 0 fully saturated rings. The van der Waals surface area contributed by atoms with E-state index in [1.807, 2.05) is 27.0 Å². The van der Waals surface area contributed by atoms with Crippen LogP contribution in [0.3, 0.4) is 0 Å². The molecule has 1 aliphatic rings. The normalized spacial score (nSPS) is 16.5. The van der Waals surface area contributed by atoms with Gasteiger partial charge in [0.15, 0.2) is 11.5 Å². The van der Waals surface area contributed by atoms with E-state index < -0.39 is 0 Å². The van der Waals surface area contributed by atoms with Crippen LogP contribution in [-0.2, 0) is 0 Å². The Morgan fingerprint density at radius 2 is 1.77 bits per heavy atom. The number of hydrogen-bond donors (Lipinski definition) is 1. The maximum Gasteiger partial charge on any atom is 0.271 e. The lowest BCUT2D eigenvalue weighted by molar-refractivity contribution is 0.0953. The minimum absolute atomic E-state index is 0.308. The Balaban J connectivity index is 2.16. The molecule has 1 aromatic rings. The van der Waals surface area contributed by atoms with Crippen LogP contribution in [0, 0.1) is 5.92 Å². The molecule has 0 heterocycles. The van der Waals surface area contributed by atoms with Crippen molar-refractivity contribution in [2.24, 2.45) is 11.0 Å². The van der Waals surface area contributed by atoms with Crippen molar-refractivity contribution in [1.82, 2.24) is 5.43 Å². The Bertz CT molecular complexity index is 628. The maximum atomic E-state index is 12.5. The summed E-state index contributed by atoms with van der Waals surface area (Å²) in [6.45, 7) is 7.05. The van der Waals surface area contributed by atoms with Gasteiger partial charge in [0.2, 0.25) is 5.75 Å². The zero-order valence-corrected chi connectivity index (χ0v) is 15.8. The lowest BCUT2D eigenvalue weighted by Crippen LogP contribution is -2.19. The summed E-state index contributed by atoms with van der Waals surface area (Å²) in [6.07, 6.45) is 9.21. The van der Waals surface area contributed by atoms with Crippen LogP contribution >= 0.6 is 0 Å². The van der Waals surface area contributed by atoms with Gasteiger partial charge in [0.1, 0.15) is 0 Å². The first-order chi connectivity index (χ1) is 12.7. The molecule has 0 aromatic heterocycles. The maximum absolute atomic E-state index is 12.5. The third kappa shape index (κ3) is 5.51. The van der Waals surface area contributed by atoms with Gasteiger partial charge in [-0.2, -0.15) is 5.10 Å². The van der Waals surface area contributed by atoms with Crippen LogP contribution in [0.5, 0.6) is 17.2 Å².